The van der Waals surface area contributed by atoms with Crippen molar-refractivity contribution in [2.75, 3.05) is 7.11 Å². The summed E-state index contributed by atoms with van der Waals surface area (Å²) < 4.78 is 118. The molecule has 13 heteroatoms. The minimum absolute atomic E-state index is 0.136. The third-order valence-corrected chi connectivity index (χ3v) is 7.33. The van der Waals surface area contributed by atoms with Crippen LogP contribution in [-0.4, -0.2) is 20.1 Å². The van der Waals surface area contributed by atoms with Crippen molar-refractivity contribution in [1.29, 1.82) is 0 Å². The molecule has 0 unspecified atom stereocenters. The first-order chi connectivity index (χ1) is 19.4. The lowest BCUT2D eigenvalue weighted by molar-refractivity contribution is 0.346. The molecule has 41 heavy (non-hydrogen) atoms. The van der Waals surface area contributed by atoms with E-state index >= 15 is 0 Å². The fraction of sp³-hybridized carbons (Fsp3) is 0.0357. The van der Waals surface area contributed by atoms with E-state index in [-0.39, 0.29) is 22.3 Å². The molecule has 0 radical (unpaired) electrons. The van der Waals surface area contributed by atoms with Crippen molar-refractivity contribution in [3.8, 4) is 28.3 Å². The number of rotatable bonds is 6. The average Bonchev–Trinajstić information content (AvgIpc) is 2.97. The molecule has 0 spiro atoms. The molecule has 0 N–H and O–H groups in total. The van der Waals surface area contributed by atoms with Gasteiger partial charge in [-0.25, -0.2) is 17.6 Å². The molecule has 0 saturated heterocycles. The number of fused-ring (bicyclic) bond motifs is 1. The molecule has 1 heterocycles. The van der Waals surface area contributed by atoms with E-state index in [0.29, 0.717) is 11.1 Å². The summed E-state index contributed by atoms with van der Waals surface area (Å²) in [6.45, 7) is 0. The number of hydrogen-bond donors (Lipinski definition) is 0. The van der Waals surface area contributed by atoms with Crippen molar-refractivity contribution in [1.82, 2.24) is 4.57 Å². The fourth-order valence-electron chi connectivity index (χ4n) is 4.13. The predicted molar refractivity (Wildman–Crippen MR) is 136 cm³/mol. The Kier molecular flexibility index (Phi) is 6.99. The maximum absolute atomic E-state index is 14.0. The van der Waals surface area contributed by atoms with Gasteiger partial charge in [-0.3, -0.25) is 9.36 Å². The largest absolute Gasteiger partial charge is 0.495 e. The van der Waals surface area contributed by atoms with Crippen LogP contribution in [0.5, 0.6) is 11.5 Å². The van der Waals surface area contributed by atoms with Gasteiger partial charge in [0.2, 0.25) is 34.8 Å². The Morgan fingerprint density at radius 2 is 1.29 bits per heavy atom. The molecule has 0 amide bonds. The summed E-state index contributed by atoms with van der Waals surface area (Å²) in [7, 11) is -3.74. The first kappa shape index (κ1) is 27.8. The topological polar surface area (TPSA) is 74.6 Å². The highest BCUT2D eigenvalue weighted by Crippen LogP contribution is 2.34. The van der Waals surface area contributed by atoms with E-state index in [1.54, 1.807) is 30.3 Å². The molecule has 5 aromatic rings. The van der Waals surface area contributed by atoms with Gasteiger partial charge in [-0.05, 0) is 59.7 Å². The quantitative estimate of drug-likeness (QED) is 0.101. The maximum Gasteiger partial charge on any atom is 0.339 e. The number of pyridine rings is 1. The van der Waals surface area contributed by atoms with E-state index in [0.717, 1.165) is 18.2 Å². The Morgan fingerprint density at radius 1 is 0.683 bits per heavy atom. The summed E-state index contributed by atoms with van der Waals surface area (Å²) in [5.74, 6) is -14.3. The predicted octanol–water partition coefficient (Wildman–Crippen LogP) is 6.27. The summed E-state index contributed by atoms with van der Waals surface area (Å²) in [6, 6.07) is 16.0. The standard InChI is InChI=1S/C28H15F6NO5S/c1-39-21-13-15(14-2-6-17(29)7-3-14)4-9-20(21)35-19-10-8-18(12-16(19)5-11-22(35)36)41(37,38)40-28-26(33)24(31)23(30)25(32)27(28)34/h2-13H,1H3. The van der Waals surface area contributed by atoms with Crippen molar-refractivity contribution in [2.45, 2.75) is 4.90 Å². The third-order valence-electron chi connectivity index (χ3n) is 6.12. The average molecular weight is 591 g/mol. The van der Waals surface area contributed by atoms with Crippen LogP contribution in [0.1, 0.15) is 0 Å². The zero-order valence-electron chi connectivity index (χ0n) is 20.6. The third kappa shape index (κ3) is 4.88. The molecule has 0 atom stereocenters. The van der Waals surface area contributed by atoms with Crippen molar-refractivity contribution >= 4 is 21.0 Å². The summed E-state index contributed by atoms with van der Waals surface area (Å²) in [5, 5.41) is 0.136. The number of methoxy groups -OCH3 is 1. The molecule has 5 rings (SSSR count). The number of nitrogens with zero attached hydrogens (tertiary/aromatic N) is 1. The normalized spacial score (nSPS) is 11.6. The van der Waals surface area contributed by atoms with E-state index in [9.17, 15) is 39.6 Å². The molecule has 0 fully saturated rings. The molecule has 0 aliphatic heterocycles. The first-order valence-corrected chi connectivity index (χ1v) is 12.9. The Balaban J connectivity index is 1.59. The lowest BCUT2D eigenvalue weighted by Gasteiger charge is -2.16. The van der Waals surface area contributed by atoms with Crippen LogP contribution in [-0.2, 0) is 10.1 Å². The van der Waals surface area contributed by atoms with Crippen molar-refractivity contribution < 1.29 is 43.7 Å². The first-order valence-electron chi connectivity index (χ1n) is 11.5. The second-order valence-electron chi connectivity index (χ2n) is 8.56. The minimum atomic E-state index is -5.11. The van der Waals surface area contributed by atoms with Crippen LogP contribution in [0.3, 0.4) is 0 Å². The number of halogens is 6. The van der Waals surface area contributed by atoms with Crippen LogP contribution in [0.4, 0.5) is 26.3 Å². The van der Waals surface area contributed by atoms with Crippen LogP contribution in [0.25, 0.3) is 27.7 Å². The lowest BCUT2D eigenvalue weighted by Crippen LogP contribution is -2.19. The number of ether oxygens (including phenoxy) is 1. The zero-order chi connectivity index (χ0) is 29.6. The van der Waals surface area contributed by atoms with Gasteiger partial charge in [0.25, 0.3) is 5.56 Å². The molecule has 1 aromatic heterocycles. The number of hydrogen-bond acceptors (Lipinski definition) is 5. The smallest absolute Gasteiger partial charge is 0.339 e. The molecule has 0 bridgehead atoms. The van der Waals surface area contributed by atoms with Gasteiger partial charge < -0.3 is 8.92 Å². The minimum Gasteiger partial charge on any atom is -0.495 e. The number of aromatic nitrogens is 1. The van der Waals surface area contributed by atoms with Gasteiger partial charge in [0, 0.05) is 11.5 Å². The van der Waals surface area contributed by atoms with Crippen LogP contribution in [0, 0.1) is 34.9 Å². The molecule has 6 nitrogen and oxygen atoms in total. The van der Waals surface area contributed by atoms with E-state index in [2.05, 4.69) is 4.18 Å². The van der Waals surface area contributed by atoms with Gasteiger partial charge in [0.1, 0.15) is 16.5 Å². The van der Waals surface area contributed by atoms with Crippen LogP contribution >= 0.6 is 0 Å². The van der Waals surface area contributed by atoms with Crippen molar-refractivity contribution in [3.63, 3.8) is 0 Å². The summed E-state index contributed by atoms with van der Waals surface area (Å²) in [4.78, 5) is 12.2. The van der Waals surface area contributed by atoms with E-state index in [4.69, 9.17) is 4.74 Å². The molecular formula is C28H15F6NO5S. The van der Waals surface area contributed by atoms with Crippen LogP contribution in [0.2, 0.25) is 0 Å². The lowest BCUT2D eigenvalue weighted by atomic mass is 10.0. The number of benzene rings is 4. The van der Waals surface area contributed by atoms with Crippen LogP contribution < -0.4 is 14.5 Å². The molecule has 4 aromatic carbocycles. The van der Waals surface area contributed by atoms with Gasteiger partial charge in [0.15, 0.2) is 0 Å². The Hall–Kier alpha value is -4.78. The summed E-state index contributed by atoms with van der Waals surface area (Å²) in [6.07, 6.45) is 0. The van der Waals surface area contributed by atoms with Gasteiger partial charge >= 0.3 is 10.1 Å². The second-order valence-corrected chi connectivity index (χ2v) is 10.1. The van der Waals surface area contributed by atoms with Crippen LogP contribution in [0.15, 0.2) is 82.5 Å². The highest BCUT2D eigenvalue weighted by atomic mass is 32.2. The summed E-state index contributed by atoms with van der Waals surface area (Å²) in [5.41, 5.74) is 1.24. The Labute approximate surface area is 227 Å². The monoisotopic (exact) mass is 591 g/mol. The zero-order valence-corrected chi connectivity index (χ0v) is 21.4. The Bertz CT molecular complexity index is 1980. The molecule has 0 aliphatic rings. The van der Waals surface area contributed by atoms with E-state index in [1.807, 2.05) is 0 Å². The van der Waals surface area contributed by atoms with E-state index in [1.165, 1.54) is 35.9 Å². The van der Waals surface area contributed by atoms with Gasteiger partial charge in [-0.1, -0.05) is 18.2 Å². The fourth-order valence-corrected chi connectivity index (χ4v) is 5.10. The van der Waals surface area contributed by atoms with Crippen molar-refractivity contribution in [2.24, 2.45) is 0 Å². The van der Waals surface area contributed by atoms with Crippen molar-refractivity contribution in [3.05, 3.63) is 118 Å². The maximum atomic E-state index is 14.0. The van der Waals surface area contributed by atoms with Gasteiger partial charge in [0.05, 0.1) is 18.3 Å². The molecule has 0 aliphatic carbocycles. The second kappa shape index (κ2) is 10.3. The Morgan fingerprint density at radius 3 is 1.93 bits per heavy atom. The van der Waals surface area contributed by atoms with Gasteiger partial charge in [-0.15, -0.1) is 0 Å². The SMILES string of the molecule is COc1cc(-c2ccc(F)cc2)ccc1-n1c(=O)ccc2cc(S(=O)(=O)Oc3c(F)c(F)c(F)c(F)c3F)ccc21. The van der Waals surface area contributed by atoms with E-state index < -0.39 is 61.2 Å². The highest BCUT2D eigenvalue weighted by Gasteiger charge is 2.31. The molecular weight excluding hydrogens is 576 g/mol. The molecule has 0 saturated carbocycles. The highest BCUT2D eigenvalue weighted by molar-refractivity contribution is 7.87. The summed E-state index contributed by atoms with van der Waals surface area (Å²) >= 11 is 0. The molecule has 210 valence electrons. The van der Waals surface area contributed by atoms with Gasteiger partial charge in [-0.2, -0.15) is 17.2 Å².